The van der Waals surface area contributed by atoms with Crippen LogP contribution >= 0.6 is 27.3 Å². The number of hydrogen-bond acceptors (Lipinski definition) is 3. The van der Waals surface area contributed by atoms with Gasteiger partial charge >= 0.3 is 0 Å². The number of nitrogens with zero attached hydrogens (tertiary/aromatic N) is 1. The van der Waals surface area contributed by atoms with Crippen LogP contribution in [0.25, 0.3) is 0 Å². The number of halogens is 1. The van der Waals surface area contributed by atoms with Crippen LogP contribution in [-0.4, -0.2) is 10.1 Å². The molecule has 0 spiro atoms. The van der Waals surface area contributed by atoms with E-state index in [1.54, 1.807) is 11.3 Å². The number of thiazole rings is 1. The lowest BCUT2D eigenvalue weighted by molar-refractivity contribution is 0.0207. The molecule has 2 unspecified atom stereocenters. The zero-order valence-corrected chi connectivity index (χ0v) is 13.8. The second kappa shape index (κ2) is 5.22. The fraction of sp³-hybridized carbons (Fsp3) is 0.786. The predicted molar refractivity (Wildman–Crippen MR) is 79.7 cm³/mol. The third-order valence-corrected chi connectivity index (χ3v) is 6.10. The van der Waals surface area contributed by atoms with Gasteiger partial charge in [-0.2, -0.15) is 0 Å². The summed E-state index contributed by atoms with van der Waals surface area (Å²) in [6.07, 6.45) is 5.14. The van der Waals surface area contributed by atoms with Crippen molar-refractivity contribution in [3.63, 3.8) is 0 Å². The van der Waals surface area contributed by atoms with Gasteiger partial charge < -0.3 is 5.11 Å². The van der Waals surface area contributed by atoms with E-state index in [9.17, 15) is 5.11 Å². The van der Waals surface area contributed by atoms with E-state index in [0.717, 1.165) is 35.2 Å². The van der Waals surface area contributed by atoms with E-state index in [1.165, 1.54) is 6.42 Å². The molecule has 0 saturated heterocycles. The quantitative estimate of drug-likeness (QED) is 0.755. The van der Waals surface area contributed by atoms with Crippen molar-refractivity contribution < 1.29 is 5.11 Å². The van der Waals surface area contributed by atoms with Gasteiger partial charge in [-0.15, -0.1) is 11.3 Å². The van der Waals surface area contributed by atoms with E-state index < -0.39 is 5.60 Å². The van der Waals surface area contributed by atoms with Crippen molar-refractivity contribution in [3.8, 4) is 0 Å². The normalized spacial score (nSPS) is 30.2. The van der Waals surface area contributed by atoms with Gasteiger partial charge in [-0.3, -0.25) is 0 Å². The maximum atomic E-state index is 10.9. The predicted octanol–water partition coefficient (Wildman–Crippen LogP) is 4.72. The summed E-state index contributed by atoms with van der Waals surface area (Å²) >= 11 is 5.02. The highest BCUT2D eigenvalue weighted by atomic mass is 79.9. The number of hydrogen-bond donors (Lipinski definition) is 1. The Morgan fingerprint density at radius 1 is 1.39 bits per heavy atom. The lowest BCUT2D eigenvalue weighted by atomic mass is 9.76. The van der Waals surface area contributed by atoms with Crippen molar-refractivity contribution in [1.82, 2.24) is 4.98 Å². The molecule has 2 rings (SSSR count). The Bertz CT molecular complexity index is 412. The van der Waals surface area contributed by atoms with Gasteiger partial charge in [0.15, 0.2) is 0 Å². The van der Waals surface area contributed by atoms with E-state index in [1.807, 2.05) is 5.51 Å². The fourth-order valence-electron chi connectivity index (χ4n) is 2.95. The monoisotopic (exact) mass is 331 g/mol. The molecule has 0 bridgehead atoms. The molecular formula is C14H22BrNOS. The molecule has 1 heterocycles. The average molecular weight is 332 g/mol. The van der Waals surface area contributed by atoms with Gasteiger partial charge in [-0.1, -0.05) is 20.8 Å². The van der Waals surface area contributed by atoms with Crippen molar-refractivity contribution in [2.24, 2.45) is 11.3 Å². The van der Waals surface area contributed by atoms with Gasteiger partial charge in [0.2, 0.25) is 0 Å². The van der Waals surface area contributed by atoms with Gasteiger partial charge in [-0.25, -0.2) is 4.98 Å². The Kier molecular flexibility index (Phi) is 4.20. The smallest absolute Gasteiger partial charge is 0.123 e. The van der Waals surface area contributed by atoms with E-state index in [2.05, 4.69) is 41.7 Å². The minimum Gasteiger partial charge on any atom is -0.384 e. The zero-order chi connectivity index (χ0) is 13.4. The third-order valence-electron chi connectivity index (χ3n) is 4.22. The molecule has 0 amide bonds. The molecule has 1 aromatic rings. The third kappa shape index (κ3) is 2.97. The van der Waals surface area contributed by atoms with Crippen molar-refractivity contribution in [2.75, 3.05) is 0 Å². The summed E-state index contributed by atoms with van der Waals surface area (Å²) in [5, 5.41) is 10.9. The summed E-state index contributed by atoms with van der Waals surface area (Å²) in [5.74, 6) is 0.707. The topological polar surface area (TPSA) is 33.1 Å². The lowest BCUT2D eigenvalue weighted by Crippen LogP contribution is -2.25. The molecule has 1 fully saturated rings. The number of rotatable bonds is 1. The molecule has 1 N–H and O–H groups in total. The van der Waals surface area contributed by atoms with Crippen LogP contribution in [0.2, 0.25) is 0 Å². The van der Waals surface area contributed by atoms with Crippen LogP contribution in [0.1, 0.15) is 57.8 Å². The first-order valence-corrected chi connectivity index (χ1v) is 8.32. The van der Waals surface area contributed by atoms with Crippen molar-refractivity contribution in [2.45, 2.75) is 58.5 Å². The first kappa shape index (κ1) is 14.5. The molecule has 4 heteroatoms. The number of aliphatic hydroxyl groups is 1. The largest absolute Gasteiger partial charge is 0.384 e. The van der Waals surface area contributed by atoms with Gasteiger partial charge in [0.1, 0.15) is 10.2 Å². The molecule has 1 aliphatic carbocycles. The molecule has 1 aromatic heterocycles. The van der Waals surface area contributed by atoms with Gasteiger partial charge in [0.25, 0.3) is 0 Å². The molecule has 2 atom stereocenters. The Morgan fingerprint density at radius 3 is 2.67 bits per heavy atom. The zero-order valence-electron chi connectivity index (χ0n) is 11.4. The van der Waals surface area contributed by atoms with Crippen LogP contribution in [-0.2, 0) is 5.60 Å². The van der Waals surface area contributed by atoms with Crippen LogP contribution in [0, 0.1) is 11.3 Å². The summed E-state index contributed by atoms with van der Waals surface area (Å²) in [7, 11) is 0. The molecule has 0 aromatic carbocycles. The standard InChI is InChI=1S/C14H22BrNOS/c1-13(2,3)10-5-4-7-14(17,8-6-10)11-12(15)16-9-18-11/h9-10,17H,4-8H2,1-3H3. The summed E-state index contributed by atoms with van der Waals surface area (Å²) in [5.41, 5.74) is 1.49. The average Bonchev–Trinajstić information content (AvgIpc) is 2.57. The van der Waals surface area contributed by atoms with Crippen LogP contribution in [0.4, 0.5) is 0 Å². The summed E-state index contributed by atoms with van der Waals surface area (Å²) in [6, 6.07) is 0. The minimum atomic E-state index is -0.667. The Morgan fingerprint density at radius 2 is 2.11 bits per heavy atom. The molecule has 0 radical (unpaired) electrons. The van der Waals surface area contributed by atoms with Crippen LogP contribution in [0.15, 0.2) is 10.1 Å². The summed E-state index contributed by atoms with van der Waals surface area (Å²) < 4.78 is 0.823. The van der Waals surface area contributed by atoms with Crippen molar-refractivity contribution in [3.05, 3.63) is 15.0 Å². The molecule has 2 nitrogen and oxygen atoms in total. The first-order valence-electron chi connectivity index (χ1n) is 6.65. The summed E-state index contributed by atoms with van der Waals surface area (Å²) in [6.45, 7) is 6.93. The van der Waals surface area contributed by atoms with Crippen molar-refractivity contribution in [1.29, 1.82) is 0 Å². The molecule has 1 saturated carbocycles. The molecule has 18 heavy (non-hydrogen) atoms. The lowest BCUT2D eigenvalue weighted by Gasteiger charge is -2.30. The Balaban J connectivity index is 2.16. The van der Waals surface area contributed by atoms with Crippen molar-refractivity contribution >= 4 is 27.3 Å². The molecule has 102 valence electrons. The van der Waals surface area contributed by atoms with E-state index in [0.29, 0.717) is 11.3 Å². The maximum absolute atomic E-state index is 10.9. The van der Waals surface area contributed by atoms with Crippen LogP contribution < -0.4 is 0 Å². The highest BCUT2D eigenvalue weighted by Crippen LogP contribution is 2.45. The minimum absolute atomic E-state index is 0.343. The highest BCUT2D eigenvalue weighted by molar-refractivity contribution is 9.10. The van der Waals surface area contributed by atoms with Gasteiger partial charge in [0, 0.05) is 0 Å². The number of aromatic nitrogens is 1. The Hall–Kier alpha value is 0.0700. The SMILES string of the molecule is CC(C)(C)C1CCCC(O)(c2scnc2Br)CC1. The second-order valence-corrected chi connectivity index (χ2v) is 8.10. The first-order chi connectivity index (χ1) is 8.33. The van der Waals surface area contributed by atoms with E-state index in [4.69, 9.17) is 0 Å². The van der Waals surface area contributed by atoms with Crippen LogP contribution in [0.5, 0.6) is 0 Å². The second-order valence-electron chi connectivity index (χ2n) is 6.50. The molecule has 1 aliphatic rings. The Labute approximate surface area is 122 Å². The van der Waals surface area contributed by atoms with E-state index >= 15 is 0 Å². The fourth-order valence-corrected chi connectivity index (χ4v) is 4.67. The summed E-state index contributed by atoms with van der Waals surface area (Å²) in [4.78, 5) is 5.22. The molecule has 0 aliphatic heterocycles. The highest BCUT2D eigenvalue weighted by Gasteiger charge is 2.38. The van der Waals surface area contributed by atoms with Gasteiger partial charge in [0.05, 0.1) is 10.4 Å². The van der Waals surface area contributed by atoms with Crippen LogP contribution in [0.3, 0.4) is 0 Å². The van der Waals surface area contributed by atoms with E-state index in [-0.39, 0.29) is 0 Å². The van der Waals surface area contributed by atoms with Gasteiger partial charge in [-0.05, 0) is 59.4 Å². The maximum Gasteiger partial charge on any atom is 0.123 e. The molecular weight excluding hydrogens is 310 g/mol.